The molecule has 0 heterocycles. The van der Waals surface area contributed by atoms with Crippen molar-refractivity contribution in [2.75, 3.05) is 6.54 Å². The SMILES string of the molecule is NCCCCC(=O)C1CCCCC1. The third-order valence-electron chi connectivity index (χ3n) is 2.94. The topological polar surface area (TPSA) is 43.1 Å². The lowest BCUT2D eigenvalue weighted by Crippen LogP contribution is -2.17. The number of rotatable bonds is 5. The highest BCUT2D eigenvalue weighted by Crippen LogP contribution is 2.25. The number of unbranched alkanes of at least 4 members (excludes halogenated alkanes) is 1. The zero-order chi connectivity index (χ0) is 9.52. The van der Waals surface area contributed by atoms with Gasteiger partial charge in [0.25, 0.3) is 0 Å². The largest absolute Gasteiger partial charge is 0.330 e. The van der Waals surface area contributed by atoms with E-state index in [1.54, 1.807) is 0 Å². The van der Waals surface area contributed by atoms with E-state index in [2.05, 4.69) is 0 Å². The predicted molar refractivity (Wildman–Crippen MR) is 54.5 cm³/mol. The van der Waals surface area contributed by atoms with Crippen LogP contribution in [0.1, 0.15) is 51.4 Å². The molecule has 0 radical (unpaired) electrons. The lowest BCUT2D eigenvalue weighted by atomic mass is 9.85. The van der Waals surface area contributed by atoms with Crippen LogP contribution in [-0.2, 0) is 4.79 Å². The van der Waals surface area contributed by atoms with Gasteiger partial charge in [-0.2, -0.15) is 0 Å². The summed E-state index contributed by atoms with van der Waals surface area (Å²) in [5.41, 5.74) is 5.38. The summed E-state index contributed by atoms with van der Waals surface area (Å²) >= 11 is 0. The van der Waals surface area contributed by atoms with Gasteiger partial charge in [-0.1, -0.05) is 19.3 Å². The second-order valence-electron chi connectivity index (χ2n) is 4.05. The van der Waals surface area contributed by atoms with E-state index in [0.717, 1.165) is 38.6 Å². The van der Waals surface area contributed by atoms with Crippen molar-refractivity contribution in [3.05, 3.63) is 0 Å². The minimum atomic E-state index is 0.395. The van der Waals surface area contributed by atoms with Gasteiger partial charge in [0, 0.05) is 12.3 Å². The van der Waals surface area contributed by atoms with Crippen LogP contribution in [0.15, 0.2) is 0 Å². The Morgan fingerprint density at radius 1 is 1.15 bits per heavy atom. The molecule has 13 heavy (non-hydrogen) atoms. The Morgan fingerprint density at radius 3 is 2.46 bits per heavy atom. The van der Waals surface area contributed by atoms with E-state index in [9.17, 15) is 4.79 Å². The van der Waals surface area contributed by atoms with Gasteiger partial charge in [-0.15, -0.1) is 0 Å². The average Bonchev–Trinajstić information content (AvgIpc) is 2.19. The number of nitrogens with two attached hydrogens (primary N) is 1. The first-order valence-corrected chi connectivity index (χ1v) is 5.57. The van der Waals surface area contributed by atoms with Crippen molar-refractivity contribution in [2.45, 2.75) is 51.4 Å². The van der Waals surface area contributed by atoms with E-state index in [1.807, 2.05) is 0 Å². The molecule has 1 fully saturated rings. The fourth-order valence-electron chi connectivity index (χ4n) is 2.07. The predicted octanol–water partition coefficient (Wildman–Crippen LogP) is 2.26. The standard InChI is InChI=1S/C11H21NO/c12-9-5-4-8-11(13)10-6-2-1-3-7-10/h10H,1-9,12H2. The van der Waals surface area contributed by atoms with Crippen molar-refractivity contribution < 1.29 is 4.79 Å². The lowest BCUT2D eigenvalue weighted by Gasteiger charge is -2.19. The molecule has 2 nitrogen and oxygen atoms in total. The van der Waals surface area contributed by atoms with Crippen LogP contribution in [0.2, 0.25) is 0 Å². The van der Waals surface area contributed by atoms with Crippen molar-refractivity contribution >= 4 is 5.78 Å². The molecule has 76 valence electrons. The molecule has 0 aromatic rings. The summed E-state index contributed by atoms with van der Waals surface area (Å²) in [6.45, 7) is 0.720. The van der Waals surface area contributed by atoms with Gasteiger partial charge in [-0.05, 0) is 32.2 Å². The minimum absolute atomic E-state index is 0.395. The Labute approximate surface area is 80.9 Å². The molecule has 1 saturated carbocycles. The maximum atomic E-state index is 11.6. The first-order valence-electron chi connectivity index (χ1n) is 5.57. The molecule has 2 heteroatoms. The van der Waals surface area contributed by atoms with Crippen molar-refractivity contribution in [2.24, 2.45) is 11.7 Å². The van der Waals surface area contributed by atoms with Crippen LogP contribution in [-0.4, -0.2) is 12.3 Å². The lowest BCUT2D eigenvalue weighted by molar-refractivity contribution is -0.123. The second-order valence-corrected chi connectivity index (χ2v) is 4.05. The molecule has 0 atom stereocenters. The first kappa shape index (κ1) is 10.7. The smallest absolute Gasteiger partial charge is 0.135 e. The zero-order valence-corrected chi connectivity index (χ0v) is 8.43. The molecule has 0 aromatic heterocycles. The Morgan fingerprint density at radius 2 is 1.85 bits per heavy atom. The molecule has 0 spiro atoms. The van der Waals surface area contributed by atoms with Crippen LogP contribution in [0.25, 0.3) is 0 Å². The quantitative estimate of drug-likeness (QED) is 0.664. The van der Waals surface area contributed by atoms with Gasteiger partial charge in [-0.3, -0.25) is 4.79 Å². The van der Waals surface area contributed by atoms with E-state index in [4.69, 9.17) is 5.73 Å². The Hall–Kier alpha value is -0.370. The third-order valence-corrected chi connectivity index (χ3v) is 2.94. The molecule has 0 bridgehead atoms. The molecule has 2 N–H and O–H groups in total. The molecule has 1 rings (SSSR count). The van der Waals surface area contributed by atoms with Crippen molar-refractivity contribution in [1.82, 2.24) is 0 Å². The molecule has 1 aliphatic carbocycles. The van der Waals surface area contributed by atoms with Crippen molar-refractivity contribution in [1.29, 1.82) is 0 Å². The number of hydrogen-bond acceptors (Lipinski definition) is 2. The summed E-state index contributed by atoms with van der Waals surface area (Å²) in [6, 6.07) is 0. The highest BCUT2D eigenvalue weighted by Gasteiger charge is 2.19. The Balaban J connectivity index is 2.13. The summed E-state index contributed by atoms with van der Waals surface area (Å²) in [7, 11) is 0. The monoisotopic (exact) mass is 183 g/mol. The van der Waals surface area contributed by atoms with E-state index in [0.29, 0.717) is 11.7 Å². The fraction of sp³-hybridized carbons (Fsp3) is 0.909. The van der Waals surface area contributed by atoms with Gasteiger partial charge >= 0.3 is 0 Å². The maximum absolute atomic E-state index is 11.6. The second kappa shape index (κ2) is 6.14. The van der Waals surface area contributed by atoms with Gasteiger partial charge in [0.1, 0.15) is 5.78 Å². The van der Waals surface area contributed by atoms with Crippen LogP contribution >= 0.6 is 0 Å². The van der Waals surface area contributed by atoms with Gasteiger partial charge in [-0.25, -0.2) is 0 Å². The third kappa shape index (κ3) is 3.90. The molecule has 0 unspecified atom stereocenters. The highest BCUT2D eigenvalue weighted by molar-refractivity contribution is 5.80. The molecular formula is C11H21NO. The number of carbonyl (C=O) groups is 1. The average molecular weight is 183 g/mol. The van der Waals surface area contributed by atoms with E-state index in [-0.39, 0.29) is 0 Å². The van der Waals surface area contributed by atoms with Crippen LogP contribution in [0.3, 0.4) is 0 Å². The van der Waals surface area contributed by atoms with Crippen LogP contribution in [0.4, 0.5) is 0 Å². The Bertz CT molecular complexity index is 150. The van der Waals surface area contributed by atoms with Crippen LogP contribution < -0.4 is 5.73 Å². The summed E-state index contributed by atoms with van der Waals surface area (Å²) < 4.78 is 0. The number of carbonyl (C=O) groups excluding carboxylic acids is 1. The summed E-state index contributed by atoms with van der Waals surface area (Å²) in [5, 5.41) is 0. The van der Waals surface area contributed by atoms with Gasteiger partial charge < -0.3 is 5.73 Å². The molecule has 0 aliphatic heterocycles. The van der Waals surface area contributed by atoms with E-state index < -0.39 is 0 Å². The van der Waals surface area contributed by atoms with Crippen molar-refractivity contribution in [3.8, 4) is 0 Å². The summed E-state index contributed by atoms with van der Waals surface area (Å²) in [6.07, 6.45) is 8.88. The van der Waals surface area contributed by atoms with Gasteiger partial charge in [0.2, 0.25) is 0 Å². The summed E-state index contributed by atoms with van der Waals surface area (Å²) in [4.78, 5) is 11.6. The molecule has 1 aliphatic rings. The van der Waals surface area contributed by atoms with Crippen LogP contribution in [0.5, 0.6) is 0 Å². The van der Waals surface area contributed by atoms with Crippen LogP contribution in [0, 0.1) is 5.92 Å². The highest BCUT2D eigenvalue weighted by atomic mass is 16.1. The zero-order valence-electron chi connectivity index (χ0n) is 8.43. The Kier molecular flexibility index (Phi) is 5.06. The number of Topliss-reactive ketones (excluding diaryl/α,β-unsaturated/α-hetero) is 1. The van der Waals surface area contributed by atoms with E-state index in [1.165, 1.54) is 19.3 Å². The van der Waals surface area contributed by atoms with E-state index >= 15 is 0 Å². The molecule has 0 amide bonds. The molecule has 0 saturated heterocycles. The van der Waals surface area contributed by atoms with Crippen molar-refractivity contribution in [3.63, 3.8) is 0 Å². The minimum Gasteiger partial charge on any atom is -0.330 e. The van der Waals surface area contributed by atoms with Gasteiger partial charge in [0.05, 0.1) is 0 Å². The first-order chi connectivity index (χ1) is 6.34. The number of hydrogen-bond donors (Lipinski definition) is 1. The maximum Gasteiger partial charge on any atom is 0.135 e. The fourth-order valence-corrected chi connectivity index (χ4v) is 2.07. The summed E-state index contributed by atoms with van der Waals surface area (Å²) in [5.74, 6) is 0.889. The normalized spacial score (nSPS) is 18.8. The van der Waals surface area contributed by atoms with Gasteiger partial charge in [0.15, 0.2) is 0 Å². The molecular weight excluding hydrogens is 162 g/mol. The number of ketones is 1. The molecule has 0 aromatic carbocycles.